The minimum atomic E-state index is 0.812. The number of allylic oxidation sites excluding steroid dienone is 5. The SMILES string of the molecule is C/C=C\C(=C/C)c1ccc(/C(N)=C/Cc2ccc(-c3ccc(C)cc3)cc2)cc1. The molecule has 0 aromatic heterocycles. The van der Waals surface area contributed by atoms with Crippen LogP contribution in [0.3, 0.4) is 0 Å². The van der Waals surface area contributed by atoms with Gasteiger partial charge in [-0.15, -0.1) is 0 Å². The molecule has 0 amide bonds. The molecule has 3 rings (SSSR count). The Labute approximate surface area is 174 Å². The van der Waals surface area contributed by atoms with Crippen molar-refractivity contribution in [2.45, 2.75) is 27.2 Å². The van der Waals surface area contributed by atoms with Crippen LogP contribution in [-0.4, -0.2) is 0 Å². The summed E-state index contributed by atoms with van der Waals surface area (Å²) in [4.78, 5) is 0. The van der Waals surface area contributed by atoms with Gasteiger partial charge in [-0.2, -0.15) is 0 Å². The van der Waals surface area contributed by atoms with Crippen molar-refractivity contribution in [1.29, 1.82) is 0 Å². The number of rotatable bonds is 6. The zero-order valence-electron chi connectivity index (χ0n) is 17.5. The van der Waals surface area contributed by atoms with Crippen LogP contribution in [0, 0.1) is 6.92 Å². The van der Waals surface area contributed by atoms with Gasteiger partial charge in [0.25, 0.3) is 0 Å². The smallest absolute Gasteiger partial charge is 0.0350 e. The maximum absolute atomic E-state index is 6.33. The Morgan fingerprint density at radius 2 is 1.31 bits per heavy atom. The molecule has 0 heterocycles. The predicted molar refractivity (Wildman–Crippen MR) is 127 cm³/mol. The molecule has 1 heteroatoms. The summed E-state index contributed by atoms with van der Waals surface area (Å²) in [5.41, 5.74) is 15.6. The van der Waals surface area contributed by atoms with Crippen LogP contribution >= 0.6 is 0 Å². The first-order valence-corrected chi connectivity index (χ1v) is 10.1. The second-order valence-corrected chi connectivity index (χ2v) is 7.25. The number of nitrogens with two attached hydrogens (primary N) is 1. The van der Waals surface area contributed by atoms with E-state index < -0.39 is 0 Å². The predicted octanol–water partition coefficient (Wildman–Crippen LogP) is 7.18. The monoisotopic (exact) mass is 379 g/mol. The minimum Gasteiger partial charge on any atom is -0.398 e. The summed E-state index contributed by atoms with van der Waals surface area (Å²) >= 11 is 0. The van der Waals surface area contributed by atoms with Gasteiger partial charge in [0.1, 0.15) is 0 Å². The van der Waals surface area contributed by atoms with Crippen LogP contribution in [0.2, 0.25) is 0 Å². The van der Waals surface area contributed by atoms with Gasteiger partial charge < -0.3 is 5.73 Å². The highest BCUT2D eigenvalue weighted by atomic mass is 14.6. The van der Waals surface area contributed by atoms with Gasteiger partial charge in [-0.25, -0.2) is 0 Å². The van der Waals surface area contributed by atoms with Crippen molar-refractivity contribution in [2.75, 3.05) is 0 Å². The van der Waals surface area contributed by atoms with Gasteiger partial charge in [0.05, 0.1) is 0 Å². The van der Waals surface area contributed by atoms with Gasteiger partial charge in [-0.05, 0) is 60.6 Å². The summed E-state index contributed by atoms with van der Waals surface area (Å²) in [5, 5.41) is 0. The molecule has 146 valence electrons. The normalized spacial score (nSPS) is 12.5. The van der Waals surface area contributed by atoms with Crippen LogP contribution in [0.4, 0.5) is 0 Å². The number of benzene rings is 3. The molecule has 2 N–H and O–H groups in total. The quantitative estimate of drug-likeness (QED) is 0.451. The molecule has 0 fully saturated rings. The molecule has 3 aromatic rings. The fraction of sp³-hybridized carbons (Fsp3) is 0.143. The van der Waals surface area contributed by atoms with Crippen LogP contribution in [0.25, 0.3) is 22.4 Å². The second-order valence-electron chi connectivity index (χ2n) is 7.25. The molecule has 0 unspecified atom stereocenters. The van der Waals surface area contributed by atoms with Crippen LogP contribution in [-0.2, 0) is 6.42 Å². The molecule has 3 aromatic carbocycles. The molecule has 0 aliphatic rings. The van der Waals surface area contributed by atoms with E-state index in [1.807, 2.05) is 6.92 Å². The lowest BCUT2D eigenvalue weighted by molar-refractivity contribution is 1.26. The van der Waals surface area contributed by atoms with Crippen LogP contribution < -0.4 is 5.73 Å². The fourth-order valence-electron chi connectivity index (χ4n) is 3.32. The third-order valence-corrected chi connectivity index (χ3v) is 5.11. The van der Waals surface area contributed by atoms with Crippen molar-refractivity contribution in [3.8, 4) is 11.1 Å². The van der Waals surface area contributed by atoms with Crippen LogP contribution in [0.5, 0.6) is 0 Å². The third-order valence-electron chi connectivity index (χ3n) is 5.11. The summed E-state index contributed by atoms with van der Waals surface area (Å²) in [5.74, 6) is 0. The van der Waals surface area contributed by atoms with Crippen molar-refractivity contribution in [1.82, 2.24) is 0 Å². The lowest BCUT2D eigenvalue weighted by Gasteiger charge is -2.07. The topological polar surface area (TPSA) is 26.0 Å². The molecule has 0 saturated heterocycles. The van der Waals surface area contributed by atoms with E-state index in [1.54, 1.807) is 0 Å². The van der Waals surface area contributed by atoms with E-state index in [0.717, 1.165) is 17.7 Å². The molecule has 0 atom stereocenters. The van der Waals surface area contributed by atoms with Gasteiger partial charge in [-0.3, -0.25) is 0 Å². The van der Waals surface area contributed by atoms with Gasteiger partial charge >= 0.3 is 0 Å². The van der Waals surface area contributed by atoms with Crippen LogP contribution in [0.1, 0.15) is 36.1 Å². The Bertz CT molecular complexity index is 1020. The Kier molecular flexibility index (Phi) is 6.86. The highest BCUT2D eigenvalue weighted by molar-refractivity contribution is 5.75. The van der Waals surface area contributed by atoms with Gasteiger partial charge in [-0.1, -0.05) is 103 Å². The Hall–Kier alpha value is -3.32. The second kappa shape index (κ2) is 9.75. The highest BCUT2D eigenvalue weighted by Gasteiger charge is 2.01. The zero-order chi connectivity index (χ0) is 20.6. The molecular formula is C28H29N. The summed E-state index contributed by atoms with van der Waals surface area (Å²) in [6, 6.07) is 25.8. The van der Waals surface area contributed by atoms with Crippen molar-refractivity contribution in [2.24, 2.45) is 5.73 Å². The first-order valence-electron chi connectivity index (χ1n) is 10.1. The summed E-state index contributed by atoms with van der Waals surface area (Å²) < 4.78 is 0. The first kappa shape index (κ1) is 20.4. The number of hydrogen-bond acceptors (Lipinski definition) is 1. The van der Waals surface area contributed by atoms with E-state index in [-0.39, 0.29) is 0 Å². The minimum absolute atomic E-state index is 0.812. The number of aryl methyl sites for hydroxylation is 1. The molecule has 0 aliphatic heterocycles. The maximum Gasteiger partial charge on any atom is 0.0350 e. The lowest BCUT2D eigenvalue weighted by Crippen LogP contribution is -1.97. The molecule has 29 heavy (non-hydrogen) atoms. The summed E-state index contributed by atoms with van der Waals surface area (Å²) in [6.45, 7) is 6.20. The average Bonchev–Trinajstić information content (AvgIpc) is 2.77. The first-order chi connectivity index (χ1) is 14.1. The lowest BCUT2D eigenvalue weighted by atomic mass is 10.0. The molecular weight excluding hydrogens is 350 g/mol. The maximum atomic E-state index is 6.33. The van der Waals surface area contributed by atoms with Crippen molar-refractivity contribution < 1.29 is 0 Å². The van der Waals surface area contributed by atoms with Gasteiger partial charge in [0.15, 0.2) is 0 Å². The zero-order valence-corrected chi connectivity index (χ0v) is 17.5. The third kappa shape index (κ3) is 5.36. The summed E-state index contributed by atoms with van der Waals surface area (Å²) in [6.07, 6.45) is 9.21. The van der Waals surface area contributed by atoms with E-state index in [4.69, 9.17) is 5.73 Å². The van der Waals surface area contributed by atoms with Crippen molar-refractivity contribution >= 4 is 11.3 Å². The van der Waals surface area contributed by atoms with E-state index in [0.29, 0.717) is 0 Å². The van der Waals surface area contributed by atoms with Gasteiger partial charge in [0.2, 0.25) is 0 Å². The van der Waals surface area contributed by atoms with Crippen LogP contribution in [0.15, 0.2) is 97.1 Å². The molecule has 0 saturated carbocycles. The molecule has 0 bridgehead atoms. The molecule has 0 aliphatic carbocycles. The fourth-order valence-corrected chi connectivity index (χ4v) is 3.32. The van der Waals surface area contributed by atoms with Gasteiger partial charge in [0, 0.05) is 5.70 Å². The highest BCUT2D eigenvalue weighted by Crippen LogP contribution is 2.22. The standard InChI is InChI=1S/C28H29N/c1-4-6-23(5-2)24-16-18-27(19-17-24)28(29)20-11-22-9-14-26(15-10-22)25-12-7-21(3)8-13-25/h4-10,12-20H,11,29H2,1-3H3/b6-4-,23-5+,28-20-. The molecule has 0 radical (unpaired) electrons. The van der Waals surface area contributed by atoms with E-state index in [2.05, 4.69) is 111 Å². The van der Waals surface area contributed by atoms with E-state index in [9.17, 15) is 0 Å². The average molecular weight is 380 g/mol. The van der Waals surface area contributed by atoms with E-state index >= 15 is 0 Å². The Balaban J connectivity index is 1.68. The Morgan fingerprint density at radius 3 is 1.86 bits per heavy atom. The summed E-state index contributed by atoms with van der Waals surface area (Å²) in [7, 11) is 0. The van der Waals surface area contributed by atoms with Crippen molar-refractivity contribution in [3.63, 3.8) is 0 Å². The van der Waals surface area contributed by atoms with Crippen molar-refractivity contribution in [3.05, 3.63) is 119 Å². The number of hydrogen-bond donors (Lipinski definition) is 1. The Morgan fingerprint density at radius 1 is 0.759 bits per heavy atom. The molecule has 1 nitrogen and oxygen atoms in total. The largest absolute Gasteiger partial charge is 0.398 e. The molecule has 0 spiro atoms. The van der Waals surface area contributed by atoms with E-state index in [1.165, 1.54) is 33.4 Å².